The van der Waals surface area contributed by atoms with Crippen LogP contribution in [0.1, 0.15) is 56.1 Å². The van der Waals surface area contributed by atoms with Gasteiger partial charge in [-0.05, 0) is 71.0 Å². The zero-order valence-corrected chi connectivity index (χ0v) is 23.3. The number of carbonyl (C=O) groups is 3. The Morgan fingerprint density at radius 1 is 0.951 bits per heavy atom. The SMILES string of the molecule is CCCOc1ccc(C(=O)C2C(C(=O)c3cccs3)N3C=Cc4ccccc4C3C23C(=O)Nc2ccccc23)cc1. The van der Waals surface area contributed by atoms with Crippen LogP contribution in [-0.4, -0.2) is 35.0 Å². The summed E-state index contributed by atoms with van der Waals surface area (Å²) in [6.45, 7) is 2.61. The van der Waals surface area contributed by atoms with E-state index in [0.29, 0.717) is 28.5 Å². The normalized spacial score (nSPS) is 23.6. The smallest absolute Gasteiger partial charge is 0.238 e. The molecule has 204 valence electrons. The van der Waals surface area contributed by atoms with Gasteiger partial charge in [0.2, 0.25) is 5.91 Å². The number of fused-ring (bicyclic) bond motifs is 6. The minimum atomic E-state index is -1.33. The predicted octanol–water partition coefficient (Wildman–Crippen LogP) is 6.52. The quantitative estimate of drug-likeness (QED) is 0.261. The summed E-state index contributed by atoms with van der Waals surface area (Å²) < 4.78 is 5.75. The van der Waals surface area contributed by atoms with Crippen molar-refractivity contribution in [2.45, 2.75) is 30.8 Å². The number of hydrogen-bond acceptors (Lipinski definition) is 6. The van der Waals surface area contributed by atoms with E-state index in [0.717, 1.165) is 23.1 Å². The van der Waals surface area contributed by atoms with E-state index in [9.17, 15) is 14.4 Å². The van der Waals surface area contributed by atoms with Gasteiger partial charge in [0.05, 0.1) is 23.4 Å². The Morgan fingerprint density at radius 3 is 2.51 bits per heavy atom. The summed E-state index contributed by atoms with van der Waals surface area (Å²) in [5, 5.41) is 4.95. The highest BCUT2D eigenvalue weighted by Gasteiger charge is 2.70. The molecule has 4 aromatic rings. The molecule has 1 fully saturated rings. The standard InChI is InChI=1S/C34H28N2O4S/c1-2-19-40-23-15-13-22(14-16-23)30(37)28-29(31(38)27-12-7-20-41-27)36-18-17-21-8-3-4-9-24(21)32(36)34(28)25-10-5-6-11-26(25)35-33(34)39/h3-18,20,28-29,32H,2,19H2,1H3,(H,35,39). The zero-order chi connectivity index (χ0) is 28.1. The summed E-state index contributed by atoms with van der Waals surface area (Å²) in [7, 11) is 0. The monoisotopic (exact) mass is 560 g/mol. The van der Waals surface area contributed by atoms with Crippen LogP contribution in [-0.2, 0) is 10.2 Å². The van der Waals surface area contributed by atoms with Crippen molar-refractivity contribution in [3.8, 4) is 5.75 Å². The largest absolute Gasteiger partial charge is 0.494 e. The number of amides is 1. The van der Waals surface area contributed by atoms with E-state index in [2.05, 4.69) is 5.32 Å². The van der Waals surface area contributed by atoms with E-state index in [-0.39, 0.29) is 17.5 Å². The first-order valence-electron chi connectivity index (χ1n) is 13.9. The van der Waals surface area contributed by atoms with Gasteiger partial charge in [0.1, 0.15) is 17.2 Å². The maximum atomic E-state index is 14.8. The molecule has 0 aliphatic carbocycles. The maximum Gasteiger partial charge on any atom is 0.238 e. The maximum absolute atomic E-state index is 14.8. The lowest BCUT2D eigenvalue weighted by molar-refractivity contribution is -0.122. The lowest BCUT2D eigenvalue weighted by atomic mass is 9.63. The Hall–Kier alpha value is -4.49. The first kappa shape index (κ1) is 25.5. The molecule has 1 aromatic heterocycles. The van der Waals surface area contributed by atoms with Gasteiger partial charge in [-0.15, -0.1) is 11.3 Å². The van der Waals surface area contributed by atoms with Gasteiger partial charge in [-0.25, -0.2) is 0 Å². The zero-order valence-electron chi connectivity index (χ0n) is 22.4. The second-order valence-electron chi connectivity index (χ2n) is 10.7. The van der Waals surface area contributed by atoms with Crippen LogP contribution in [0, 0.1) is 5.92 Å². The Morgan fingerprint density at radius 2 is 1.73 bits per heavy atom. The van der Waals surface area contributed by atoms with E-state index >= 15 is 0 Å². The molecule has 1 spiro atoms. The Kier molecular flexibility index (Phi) is 6.12. The van der Waals surface area contributed by atoms with Crippen molar-refractivity contribution < 1.29 is 19.1 Å². The number of ether oxygens (including phenoxy) is 1. The lowest BCUT2D eigenvalue weighted by Crippen LogP contribution is -2.49. The molecule has 7 rings (SSSR count). The highest BCUT2D eigenvalue weighted by molar-refractivity contribution is 7.12. The van der Waals surface area contributed by atoms with Crippen LogP contribution in [0.25, 0.3) is 6.08 Å². The fraction of sp³-hybridized carbons (Fsp3) is 0.206. The Bertz CT molecular complexity index is 1690. The summed E-state index contributed by atoms with van der Waals surface area (Å²) >= 11 is 1.35. The van der Waals surface area contributed by atoms with Crippen molar-refractivity contribution in [2.75, 3.05) is 11.9 Å². The summed E-state index contributed by atoms with van der Waals surface area (Å²) in [5.41, 5.74) is 2.42. The van der Waals surface area contributed by atoms with Gasteiger partial charge < -0.3 is 15.0 Å². The number of carbonyl (C=O) groups excluding carboxylic acids is 3. The second kappa shape index (κ2) is 9.85. The molecule has 3 aliphatic rings. The summed E-state index contributed by atoms with van der Waals surface area (Å²) in [6, 6.07) is 24.7. The van der Waals surface area contributed by atoms with Crippen molar-refractivity contribution in [3.63, 3.8) is 0 Å². The Labute approximate surface area is 242 Å². The van der Waals surface area contributed by atoms with Crippen molar-refractivity contribution >= 4 is 40.6 Å². The van der Waals surface area contributed by atoms with Gasteiger partial charge in [0.25, 0.3) is 0 Å². The summed E-state index contributed by atoms with van der Waals surface area (Å²) in [4.78, 5) is 46.2. The minimum absolute atomic E-state index is 0.163. The van der Waals surface area contributed by atoms with E-state index < -0.39 is 23.4 Å². The Balaban J connectivity index is 1.47. The predicted molar refractivity (Wildman–Crippen MR) is 159 cm³/mol. The van der Waals surface area contributed by atoms with E-state index in [1.165, 1.54) is 11.3 Å². The van der Waals surface area contributed by atoms with Gasteiger partial charge >= 0.3 is 0 Å². The number of hydrogen-bond donors (Lipinski definition) is 1. The number of anilines is 1. The lowest BCUT2D eigenvalue weighted by Gasteiger charge is -2.38. The van der Waals surface area contributed by atoms with Crippen LogP contribution in [0.2, 0.25) is 0 Å². The first-order chi connectivity index (χ1) is 20.1. The third-order valence-corrected chi connectivity index (χ3v) is 9.38. The molecule has 1 saturated heterocycles. The van der Waals surface area contributed by atoms with Crippen molar-refractivity contribution in [3.05, 3.63) is 124 Å². The van der Waals surface area contributed by atoms with Gasteiger partial charge in [-0.2, -0.15) is 0 Å². The van der Waals surface area contributed by atoms with Crippen LogP contribution < -0.4 is 10.1 Å². The van der Waals surface area contributed by atoms with Gasteiger partial charge in [0.15, 0.2) is 11.6 Å². The van der Waals surface area contributed by atoms with Gasteiger partial charge in [-0.1, -0.05) is 55.5 Å². The fourth-order valence-corrected chi connectivity index (χ4v) is 7.54. The van der Waals surface area contributed by atoms with Crippen LogP contribution in [0.3, 0.4) is 0 Å². The summed E-state index contributed by atoms with van der Waals surface area (Å²) in [6.07, 6.45) is 4.74. The molecule has 1 N–H and O–H groups in total. The number of thiophene rings is 1. The molecule has 4 atom stereocenters. The molecule has 3 aliphatic heterocycles. The number of rotatable bonds is 7. The van der Waals surface area contributed by atoms with Crippen LogP contribution in [0.15, 0.2) is 96.5 Å². The van der Waals surface area contributed by atoms with Crippen molar-refractivity contribution in [1.82, 2.24) is 4.90 Å². The number of para-hydroxylation sites is 1. The molecule has 3 aromatic carbocycles. The molecule has 7 heteroatoms. The van der Waals surface area contributed by atoms with Crippen LogP contribution >= 0.6 is 11.3 Å². The third kappa shape index (κ3) is 3.72. The highest BCUT2D eigenvalue weighted by atomic mass is 32.1. The molecule has 4 unspecified atom stereocenters. The molecule has 0 bridgehead atoms. The first-order valence-corrected chi connectivity index (χ1v) is 14.7. The number of ketones is 2. The van der Waals surface area contributed by atoms with Crippen LogP contribution in [0.4, 0.5) is 5.69 Å². The second-order valence-corrected chi connectivity index (χ2v) is 11.6. The number of Topliss-reactive ketones (excluding diaryl/α,β-unsaturated/α-hetero) is 2. The highest BCUT2D eigenvalue weighted by Crippen LogP contribution is 2.62. The minimum Gasteiger partial charge on any atom is -0.494 e. The number of benzene rings is 3. The fourth-order valence-electron chi connectivity index (χ4n) is 6.85. The molecule has 1 amide bonds. The molecular formula is C34H28N2O4S. The van der Waals surface area contributed by atoms with Gasteiger partial charge in [-0.3, -0.25) is 14.4 Å². The van der Waals surface area contributed by atoms with E-state index in [1.54, 1.807) is 30.3 Å². The topological polar surface area (TPSA) is 75.7 Å². The molecular weight excluding hydrogens is 532 g/mol. The summed E-state index contributed by atoms with van der Waals surface area (Å²) in [5.74, 6) is -0.974. The average Bonchev–Trinajstić information content (AvgIpc) is 3.72. The molecule has 0 saturated carbocycles. The average molecular weight is 561 g/mol. The van der Waals surface area contributed by atoms with Crippen molar-refractivity contribution in [1.29, 1.82) is 0 Å². The van der Waals surface area contributed by atoms with E-state index in [1.807, 2.05) is 84.1 Å². The van der Waals surface area contributed by atoms with Crippen LogP contribution in [0.5, 0.6) is 5.75 Å². The number of nitrogens with one attached hydrogen (secondary N) is 1. The number of nitrogens with zero attached hydrogens (tertiary/aromatic N) is 1. The molecule has 4 heterocycles. The molecule has 6 nitrogen and oxygen atoms in total. The van der Waals surface area contributed by atoms with E-state index in [4.69, 9.17) is 4.74 Å². The van der Waals surface area contributed by atoms with Crippen molar-refractivity contribution in [2.24, 2.45) is 5.92 Å². The molecule has 0 radical (unpaired) electrons. The third-order valence-electron chi connectivity index (χ3n) is 8.50. The molecule has 41 heavy (non-hydrogen) atoms. The van der Waals surface area contributed by atoms with Gasteiger partial charge in [0, 0.05) is 17.5 Å².